The van der Waals surface area contributed by atoms with Crippen molar-refractivity contribution in [1.29, 1.82) is 0 Å². The molecule has 1 heterocycles. The van der Waals surface area contributed by atoms with Gasteiger partial charge < -0.3 is 20.6 Å². The molecular formula is C11H16N2O4. The molecule has 6 heteroatoms. The molecule has 0 saturated carbocycles. The van der Waals surface area contributed by atoms with E-state index < -0.39 is 17.9 Å². The Morgan fingerprint density at radius 2 is 2.24 bits per heavy atom. The van der Waals surface area contributed by atoms with Crippen molar-refractivity contribution in [3.8, 4) is 0 Å². The van der Waals surface area contributed by atoms with E-state index in [1.54, 1.807) is 6.07 Å². The molecule has 1 atom stereocenters. The first-order chi connectivity index (χ1) is 8.15. The van der Waals surface area contributed by atoms with Crippen LogP contribution in [0.3, 0.4) is 0 Å². The van der Waals surface area contributed by atoms with E-state index in [1.807, 2.05) is 0 Å². The Balaban J connectivity index is 2.49. The van der Waals surface area contributed by atoms with Gasteiger partial charge in [-0.05, 0) is 37.9 Å². The summed E-state index contributed by atoms with van der Waals surface area (Å²) < 4.78 is 4.88. The quantitative estimate of drug-likeness (QED) is 0.605. The lowest BCUT2D eigenvalue weighted by Crippen LogP contribution is -2.40. The standard InChI is InChI=1S/C11H16N2O4/c12-6-2-1-4-8(11(15)16)13-10(14)9-5-3-7-17-9/h3,5,7-8H,1-2,4,6,12H2,(H,13,14)(H,15,16). The molecule has 0 aliphatic carbocycles. The van der Waals surface area contributed by atoms with Gasteiger partial charge in [0.2, 0.25) is 0 Å². The van der Waals surface area contributed by atoms with Crippen molar-refractivity contribution in [3.05, 3.63) is 24.2 Å². The highest BCUT2D eigenvalue weighted by molar-refractivity contribution is 5.94. The predicted molar refractivity (Wildman–Crippen MR) is 60.5 cm³/mol. The molecule has 0 spiro atoms. The summed E-state index contributed by atoms with van der Waals surface area (Å²) in [4.78, 5) is 22.5. The minimum Gasteiger partial charge on any atom is -0.480 e. The van der Waals surface area contributed by atoms with E-state index in [0.29, 0.717) is 19.4 Å². The van der Waals surface area contributed by atoms with Gasteiger partial charge in [-0.1, -0.05) is 0 Å². The van der Waals surface area contributed by atoms with Crippen LogP contribution in [0.1, 0.15) is 29.8 Å². The van der Waals surface area contributed by atoms with Gasteiger partial charge in [0.05, 0.1) is 6.26 Å². The van der Waals surface area contributed by atoms with Crippen molar-refractivity contribution < 1.29 is 19.1 Å². The fraction of sp³-hybridized carbons (Fsp3) is 0.455. The first-order valence-corrected chi connectivity index (χ1v) is 5.42. The summed E-state index contributed by atoms with van der Waals surface area (Å²) >= 11 is 0. The van der Waals surface area contributed by atoms with Crippen molar-refractivity contribution >= 4 is 11.9 Å². The van der Waals surface area contributed by atoms with Crippen LogP contribution < -0.4 is 11.1 Å². The fourth-order valence-electron chi connectivity index (χ4n) is 1.39. The monoisotopic (exact) mass is 240 g/mol. The van der Waals surface area contributed by atoms with Crippen LogP contribution in [0, 0.1) is 0 Å². The number of nitrogens with one attached hydrogen (secondary N) is 1. The van der Waals surface area contributed by atoms with Crippen LogP contribution in [0.5, 0.6) is 0 Å². The maximum Gasteiger partial charge on any atom is 0.326 e. The summed E-state index contributed by atoms with van der Waals surface area (Å²) in [7, 11) is 0. The number of rotatable bonds is 7. The van der Waals surface area contributed by atoms with Crippen molar-refractivity contribution in [1.82, 2.24) is 5.32 Å². The van der Waals surface area contributed by atoms with Gasteiger partial charge in [-0.3, -0.25) is 4.79 Å². The normalized spacial score (nSPS) is 12.1. The highest BCUT2D eigenvalue weighted by atomic mass is 16.4. The molecule has 1 aromatic heterocycles. The molecular weight excluding hydrogens is 224 g/mol. The number of hydrogen-bond acceptors (Lipinski definition) is 4. The molecule has 94 valence electrons. The molecule has 0 aromatic carbocycles. The molecule has 0 fully saturated rings. The molecule has 0 saturated heterocycles. The van der Waals surface area contributed by atoms with Gasteiger partial charge in [-0.25, -0.2) is 4.79 Å². The maximum atomic E-state index is 11.6. The number of carbonyl (C=O) groups is 2. The molecule has 1 amide bonds. The molecule has 1 aromatic rings. The second-order valence-corrected chi connectivity index (χ2v) is 3.63. The van der Waals surface area contributed by atoms with Gasteiger partial charge in [0, 0.05) is 0 Å². The third-order valence-corrected chi connectivity index (χ3v) is 2.30. The largest absolute Gasteiger partial charge is 0.480 e. The summed E-state index contributed by atoms with van der Waals surface area (Å²) in [6, 6.07) is 2.15. The number of furan rings is 1. The molecule has 4 N–H and O–H groups in total. The van der Waals surface area contributed by atoms with Crippen LogP contribution in [0.4, 0.5) is 0 Å². The Kier molecular flexibility index (Phi) is 5.22. The summed E-state index contributed by atoms with van der Waals surface area (Å²) in [5.41, 5.74) is 5.32. The van der Waals surface area contributed by atoms with Gasteiger partial charge in [0.1, 0.15) is 6.04 Å². The number of aliphatic carboxylic acids is 1. The minimum atomic E-state index is -1.05. The van der Waals surface area contributed by atoms with E-state index in [2.05, 4.69) is 5.32 Å². The number of carboxylic acids is 1. The van der Waals surface area contributed by atoms with Gasteiger partial charge in [0.15, 0.2) is 5.76 Å². The lowest BCUT2D eigenvalue weighted by molar-refractivity contribution is -0.139. The zero-order chi connectivity index (χ0) is 12.7. The number of carboxylic acid groups (broad SMARTS) is 1. The smallest absolute Gasteiger partial charge is 0.326 e. The second-order valence-electron chi connectivity index (χ2n) is 3.63. The van der Waals surface area contributed by atoms with Crippen LogP contribution in [0.15, 0.2) is 22.8 Å². The SMILES string of the molecule is NCCCCC(NC(=O)c1ccco1)C(=O)O. The number of unbranched alkanes of at least 4 members (excludes halogenated alkanes) is 1. The Morgan fingerprint density at radius 1 is 1.47 bits per heavy atom. The molecule has 1 rings (SSSR count). The average Bonchev–Trinajstić information content (AvgIpc) is 2.81. The minimum absolute atomic E-state index is 0.107. The van der Waals surface area contributed by atoms with Crippen LogP contribution in [0.2, 0.25) is 0 Å². The van der Waals surface area contributed by atoms with E-state index >= 15 is 0 Å². The molecule has 0 aliphatic rings. The highest BCUT2D eigenvalue weighted by Crippen LogP contribution is 2.04. The summed E-state index contributed by atoms with van der Waals surface area (Å²) in [5, 5.41) is 11.3. The lowest BCUT2D eigenvalue weighted by Gasteiger charge is -2.13. The second kappa shape index (κ2) is 6.70. The molecule has 6 nitrogen and oxygen atoms in total. The van der Waals surface area contributed by atoms with Gasteiger partial charge in [-0.15, -0.1) is 0 Å². The van der Waals surface area contributed by atoms with Gasteiger partial charge >= 0.3 is 5.97 Å². The van der Waals surface area contributed by atoms with E-state index in [9.17, 15) is 9.59 Å². The first kappa shape index (κ1) is 13.2. The highest BCUT2D eigenvalue weighted by Gasteiger charge is 2.21. The molecule has 0 bridgehead atoms. The molecule has 0 aliphatic heterocycles. The number of carbonyl (C=O) groups excluding carboxylic acids is 1. The topological polar surface area (TPSA) is 106 Å². The van der Waals surface area contributed by atoms with E-state index in [1.165, 1.54) is 12.3 Å². The number of hydrogen-bond donors (Lipinski definition) is 3. The van der Waals surface area contributed by atoms with E-state index in [0.717, 1.165) is 6.42 Å². The van der Waals surface area contributed by atoms with Crippen molar-refractivity contribution in [2.75, 3.05) is 6.54 Å². The first-order valence-electron chi connectivity index (χ1n) is 5.42. The maximum absolute atomic E-state index is 11.6. The Bertz CT molecular complexity index is 362. The van der Waals surface area contributed by atoms with Gasteiger partial charge in [0.25, 0.3) is 5.91 Å². The van der Waals surface area contributed by atoms with Gasteiger partial charge in [-0.2, -0.15) is 0 Å². The Morgan fingerprint density at radius 3 is 2.76 bits per heavy atom. The number of amides is 1. The Hall–Kier alpha value is -1.82. The van der Waals surface area contributed by atoms with Crippen molar-refractivity contribution in [2.45, 2.75) is 25.3 Å². The lowest BCUT2D eigenvalue weighted by atomic mass is 10.1. The fourth-order valence-corrected chi connectivity index (χ4v) is 1.39. The van der Waals surface area contributed by atoms with Crippen LogP contribution >= 0.6 is 0 Å². The third-order valence-electron chi connectivity index (χ3n) is 2.30. The van der Waals surface area contributed by atoms with Crippen LogP contribution in [-0.2, 0) is 4.79 Å². The molecule has 17 heavy (non-hydrogen) atoms. The van der Waals surface area contributed by atoms with Crippen LogP contribution in [-0.4, -0.2) is 29.6 Å². The zero-order valence-corrected chi connectivity index (χ0v) is 9.39. The van der Waals surface area contributed by atoms with Crippen molar-refractivity contribution in [2.24, 2.45) is 5.73 Å². The van der Waals surface area contributed by atoms with E-state index in [-0.39, 0.29) is 5.76 Å². The number of nitrogens with two attached hydrogens (primary N) is 1. The van der Waals surface area contributed by atoms with Crippen molar-refractivity contribution in [3.63, 3.8) is 0 Å². The third kappa shape index (κ3) is 4.28. The molecule has 0 radical (unpaired) electrons. The molecule has 1 unspecified atom stereocenters. The predicted octanol–water partition coefficient (Wildman–Crippen LogP) is 0.592. The summed E-state index contributed by atoms with van der Waals surface area (Å²) in [6.07, 6.45) is 3.12. The Labute approximate surface area is 98.8 Å². The average molecular weight is 240 g/mol. The summed E-state index contributed by atoms with van der Waals surface area (Å²) in [6.45, 7) is 0.512. The van der Waals surface area contributed by atoms with Crippen LogP contribution in [0.25, 0.3) is 0 Å². The summed E-state index contributed by atoms with van der Waals surface area (Å²) in [5.74, 6) is -1.47. The van der Waals surface area contributed by atoms with E-state index in [4.69, 9.17) is 15.3 Å². The zero-order valence-electron chi connectivity index (χ0n) is 9.39.